The maximum atomic E-state index is 12.9. The zero-order valence-electron chi connectivity index (χ0n) is 14.2. The number of hydrogen-bond donors (Lipinski definition) is 2. The molecule has 0 spiro atoms. The number of hydrogen-bond acceptors (Lipinski definition) is 6. The van der Waals surface area contributed by atoms with Gasteiger partial charge in [0.15, 0.2) is 0 Å². The Morgan fingerprint density at radius 2 is 1.89 bits per heavy atom. The maximum Gasteiger partial charge on any atom is 0.263 e. The average molecular weight is 485 g/mol. The molecule has 0 unspecified atom stereocenters. The number of nitrogens with one attached hydrogen (secondary N) is 2. The van der Waals surface area contributed by atoms with Crippen LogP contribution in [0.1, 0.15) is 15.4 Å². The lowest BCUT2D eigenvalue weighted by Crippen LogP contribution is -2.25. The molecule has 0 aliphatic rings. The fourth-order valence-electron chi connectivity index (χ4n) is 2.20. The quantitative estimate of drug-likeness (QED) is 0.536. The number of halogens is 2. The molecule has 2 N–H and O–H groups in total. The molecule has 1 amide bonds. The molecule has 0 saturated carbocycles. The summed E-state index contributed by atoms with van der Waals surface area (Å²) in [7, 11) is -3.87. The predicted octanol–water partition coefficient (Wildman–Crippen LogP) is 3.21. The predicted molar refractivity (Wildman–Crippen MR) is 107 cm³/mol. The number of aromatic nitrogens is 2. The maximum absolute atomic E-state index is 12.9. The number of sulfonamides is 1. The minimum atomic E-state index is -3.87. The summed E-state index contributed by atoms with van der Waals surface area (Å²) < 4.78 is 40.6. The van der Waals surface area contributed by atoms with Gasteiger partial charge in [0.05, 0.1) is 4.90 Å². The molecule has 0 radical (unpaired) electrons. The zero-order valence-corrected chi connectivity index (χ0v) is 17.4. The van der Waals surface area contributed by atoms with Crippen molar-refractivity contribution in [3.05, 3.63) is 69.4 Å². The fraction of sp³-hybridized carbons (Fsp3) is 0.118. The van der Waals surface area contributed by atoms with Gasteiger partial charge in [0.2, 0.25) is 5.13 Å². The first-order chi connectivity index (χ1) is 13.3. The van der Waals surface area contributed by atoms with E-state index in [1.54, 1.807) is 18.2 Å². The Morgan fingerprint density at radius 1 is 1.14 bits per heavy atom. The molecule has 28 heavy (non-hydrogen) atoms. The summed E-state index contributed by atoms with van der Waals surface area (Å²) in [6.07, 6.45) is 0.398. The van der Waals surface area contributed by atoms with Crippen molar-refractivity contribution < 1.29 is 17.6 Å². The van der Waals surface area contributed by atoms with E-state index in [9.17, 15) is 17.6 Å². The van der Waals surface area contributed by atoms with Crippen molar-refractivity contribution in [1.82, 2.24) is 15.5 Å². The number of anilines is 1. The lowest BCUT2D eigenvalue weighted by Gasteiger charge is -2.04. The van der Waals surface area contributed by atoms with E-state index in [0.717, 1.165) is 40.1 Å². The summed E-state index contributed by atoms with van der Waals surface area (Å²) in [4.78, 5) is 12.0. The van der Waals surface area contributed by atoms with Gasteiger partial charge in [0, 0.05) is 23.0 Å². The average Bonchev–Trinajstić information content (AvgIpc) is 3.08. The number of carbonyl (C=O) groups excluding carboxylic acids is 1. The summed E-state index contributed by atoms with van der Waals surface area (Å²) in [6, 6.07) is 11.5. The number of benzene rings is 2. The Hall–Kier alpha value is -2.37. The van der Waals surface area contributed by atoms with E-state index in [1.807, 2.05) is 6.07 Å². The second kappa shape index (κ2) is 8.76. The van der Waals surface area contributed by atoms with E-state index >= 15 is 0 Å². The topological polar surface area (TPSA) is 101 Å². The lowest BCUT2D eigenvalue weighted by molar-refractivity contribution is 0.0954. The van der Waals surface area contributed by atoms with Crippen LogP contribution in [0.4, 0.5) is 9.52 Å². The number of carbonyl (C=O) groups is 1. The van der Waals surface area contributed by atoms with Crippen LogP contribution in [0.15, 0.2) is 57.9 Å². The first-order valence-electron chi connectivity index (χ1n) is 7.98. The normalized spacial score (nSPS) is 11.2. The van der Waals surface area contributed by atoms with Crippen molar-refractivity contribution >= 4 is 48.3 Å². The van der Waals surface area contributed by atoms with Gasteiger partial charge in [-0.1, -0.05) is 33.3 Å². The molecule has 1 heterocycles. The molecule has 3 aromatic rings. The molecule has 11 heteroatoms. The van der Waals surface area contributed by atoms with Crippen LogP contribution in [0.25, 0.3) is 0 Å². The molecule has 0 aliphatic carbocycles. The minimum absolute atomic E-state index is 0.0769. The second-order valence-electron chi connectivity index (χ2n) is 5.58. The fourth-order valence-corrected chi connectivity index (χ4v) is 4.57. The van der Waals surface area contributed by atoms with Gasteiger partial charge in [-0.3, -0.25) is 9.52 Å². The highest BCUT2D eigenvalue weighted by Crippen LogP contribution is 2.20. The smallest absolute Gasteiger partial charge is 0.263 e. The highest BCUT2D eigenvalue weighted by atomic mass is 79.9. The van der Waals surface area contributed by atoms with Crippen LogP contribution in [-0.4, -0.2) is 31.1 Å². The molecule has 1 aromatic heterocycles. The Kier molecular flexibility index (Phi) is 6.37. The first kappa shape index (κ1) is 20.4. The van der Waals surface area contributed by atoms with Crippen molar-refractivity contribution in [2.75, 3.05) is 11.3 Å². The number of rotatable bonds is 7. The van der Waals surface area contributed by atoms with E-state index < -0.39 is 15.8 Å². The van der Waals surface area contributed by atoms with Crippen LogP contribution in [-0.2, 0) is 16.4 Å². The van der Waals surface area contributed by atoms with E-state index in [1.165, 1.54) is 0 Å². The molecule has 0 aliphatic heterocycles. The third kappa shape index (κ3) is 5.33. The van der Waals surface area contributed by atoms with E-state index in [2.05, 4.69) is 36.2 Å². The third-order valence-corrected chi connectivity index (χ3v) is 6.40. The van der Waals surface area contributed by atoms with Crippen LogP contribution in [0.3, 0.4) is 0 Å². The molecule has 3 rings (SSSR count). The lowest BCUT2D eigenvalue weighted by atomic mass is 10.2. The molecular weight excluding hydrogens is 471 g/mol. The summed E-state index contributed by atoms with van der Waals surface area (Å²) in [5.74, 6) is -0.745. The third-order valence-electron chi connectivity index (χ3n) is 3.52. The Labute approximate surface area is 173 Å². The molecule has 0 atom stereocenters. The molecule has 0 bridgehead atoms. The Bertz CT molecular complexity index is 1090. The van der Waals surface area contributed by atoms with Gasteiger partial charge >= 0.3 is 0 Å². The number of amides is 1. The SMILES string of the molecule is O=C(NCCc1nnc(NS(=O)(=O)c2ccc(F)cc2)s1)c1cccc(Br)c1. The molecule has 0 saturated heterocycles. The second-order valence-corrected chi connectivity index (χ2v) is 9.24. The van der Waals surface area contributed by atoms with Crippen LogP contribution >= 0.6 is 27.3 Å². The Morgan fingerprint density at radius 3 is 2.61 bits per heavy atom. The number of nitrogens with zero attached hydrogens (tertiary/aromatic N) is 2. The minimum Gasteiger partial charge on any atom is -0.352 e. The van der Waals surface area contributed by atoms with E-state index in [-0.39, 0.29) is 15.9 Å². The summed E-state index contributed by atoms with van der Waals surface area (Å²) >= 11 is 4.37. The van der Waals surface area contributed by atoms with Gasteiger partial charge in [-0.2, -0.15) is 0 Å². The van der Waals surface area contributed by atoms with Crippen molar-refractivity contribution in [3.63, 3.8) is 0 Å². The molecule has 146 valence electrons. The van der Waals surface area contributed by atoms with Crippen LogP contribution < -0.4 is 10.0 Å². The highest BCUT2D eigenvalue weighted by Gasteiger charge is 2.17. The first-order valence-corrected chi connectivity index (χ1v) is 11.1. The van der Waals surface area contributed by atoms with Gasteiger partial charge in [-0.25, -0.2) is 12.8 Å². The van der Waals surface area contributed by atoms with Crippen LogP contribution in [0.2, 0.25) is 0 Å². The van der Waals surface area contributed by atoms with Gasteiger partial charge in [0.25, 0.3) is 15.9 Å². The van der Waals surface area contributed by atoms with Crippen LogP contribution in [0.5, 0.6) is 0 Å². The van der Waals surface area contributed by atoms with Crippen molar-refractivity contribution in [2.45, 2.75) is 11.3 Å². The van der Waals surface area contributed by atoms with E-state index in [4.69, 9.17) is 0 Å². The van der Waals surface area contributed by atoms with Gasteiger partial charge in [0.1, 0.15) is 10.8 Å². The Balaban J connectivity index is 1.55. The molecular formula is C17H14BrFN4O3S2. The summed E-state index contributed by atoms with van der Waals surface area (Å²) in [5.41, 5.74) is 0.527. The van der Waals surface area contributed by atoms with Gasteiger partial charge in [-0.15, -0.1) is 10.2 Å². The monoisotopic (exact) mass is 484 g/mol. The highest BCUT2D eigenvalue weighted by molar-refractivity contribution is 9.10. The van der Waals surface area contributed by atoms with Crippen molar-refractivity contribution in [3.8, 4) is 0 Å². The van der Waals surface area contributed by atoms with E-state index in [0.29, 0.717) is 23.5 Å². The van der Waals surface area contributed by atoms with Gasteiger partial charge < -0.3 is 5.32 Å². The zero-order chi connectivity index (χ0) is 20.1. The van der Waals surface area contributed by atoms with Crippen molar-refractivity contribution in [1.29, 1.82) is 0 Å². The van der Waals surface area contributed by atoms with Gasteiger partial charge in [-0.05, 0) is 42.5 Å². The largest absolute Gasteiger partial charge is 0.352 e. The van der Waals surface area contributed by atoms with Crippen molar-refractivity contribution in [2.24, 2.45) is 0 Å². The summed E-state index contributed by atoms with van der Waals surface area (Å²) in [6.45, 7) is 0.324. The molecule has 7 nitrogen and oxygen atoms in total. The molecule has 2 aromatic carbocycles. The summed E-state index contributed by atoms with van der Waals surface area (Å²) in [5, 5.41) is 11.1. The standard InChI is InChI=1S/C17H14BrFN4O3S2/c18-12-3-1-2-11(10-12)16(24)20-9-8-15-21-22-17(27-15)23-28(25,26)14-6-4-13(19)5-7-14/h1-7,10H,8-9H2,(H,20,24)(H,22,23). The van der Waals surface area contributed by atoms with Crippen LogP contribution in [0, 0.1) is 5.82 Å². The molecule has 0 fully saturated rings.